The molecule has 4 fully saturated rings. The lowest BCUT2D eigenvalue weighted by atomic mass is 9.48. The molecule has 1 N–H and O–H groups in total. The topological polar surface area (TPSA) is 42.0 Å². The second kappa shape index (κ2) is 5.29. The van der Waals surface area contributed by atoms with Crippen LogP contribution >= 0.6 is 34.3 Å². The van der Waals surface area contributed by atoms with E-state index in [4.69, 9.17) is 16.6 Å². The molecule has 2 aromatic heterocycles. The highest BCUT2D eigenvalue weighted by molar-refractivity contribution is 7.14. The van der Waals surface area contributed by atoms with Crippen LogP contribution in [-0.4, -0.2) is 15.8 Å². The zero-order chi connectivity index (χ0) is 16.4. The molecule has 6 heteroatoms. The van der Waals surface area contributed by atoms with Gasteiger partial charge in [-0.2, -0.15) is 0 Å². The Balaban J connectivity index is 1.40. The van der Waals surface area contributed by atoms with Crippen molar-refractivity contribution in [2.45, 2.75) is 48.8 Å². The predicted octanol–water partition coefficient (Wildman–Crippen LogP) is 5.29. The minimum absolute atomic E-state index is 0.00587. The summed E-state index contributed by atoms with van der Waals surface area (Å²) in [5, 5.41) is 7.73. The Morgan fingerprint density at radius 1 is 1.25 bits per heavy atom. The number of thiophene rings is 1. The van der Waals surface area contributed by atoms with Crippen LogP contribution in [0.3, 0.4) is 0 Å². The molecule has 2 heterocycles. The van der Waals surface area contributed by atoms with E-state index in [1.807, 2.05) is 17.5 Å². The van der Waals surface area contributed by atoms with Crippen molar-refractivity contribution < 1.29 is 4.79 Å². The Kier molecular flexibility index (Phi) is 3.39. The maximum absolute atomic E-state index is 12.2. The molecule has 0 saturated heterocycles. The lowest BCUT2D eigenvalue weighted by molar-refractivity contribution is 0.00720. The molecule has 0 radical (unpaired) electrons. The zero-order valence-electron chi connectivity index (χ0n) is 13.3. The second-order valence-electron chi connectivity index (χ2n) is 7.86. The van der Waals surface area contributed by atoms with Crippen LogP contribution in [0.2, 0.25) is 0 Å². The first-order valence-corrected chi connectivity index (χ1v) is 10.7. The predicted molar refractivity (Wildman–Crippen MR) is 99.3 cm³/mol. The summed E-state index contributed by atoms with van der Waals surface area (Å²) in [7, 11) is 0. The van der Waals surface area contributed by atoms with Crippen LogP contribution in [0.1, 0.15) is 53.9 Å². The van der Waals surface area contributed by atoms with Gasteiger partial charge in [0, 0.05) is 15.7 Å². The highest BCUT2D eigenvalue weighted by Gasteiger charge is 2.58. The smallest absolute Gasteiger partial charge is 0.267 e. The zero-order valence-corrected chi connectivity index (χ0v) is 15.6. The van der Waals surface area contributed by atoms with Gasteiger partial charge < -0.3 is 0 Å². The van der Waals surface area contributed by atoms with Gasteiger partial charge in [-0.25, -0.2) is 4.98 Å². The molecule has 0 aromatic carbocycles. The molecule has 24 heavy (non-hydrogen) atoms. The fraction of sp³-hybridized carbons (Fsp3) is 0.556. The number of anilines is 1. The number of hydrogen-bond donors (Lipinski definition) is 1. The normalized spacial score (nSPS) is 36.9. The number of carbonyl (C=O) groups is 1. The van der Waals surface area contributed by atoms with Crippen molar-refractivity contribution in [3.63, 3.8) is 0 Å². The van der Waals surface area contributed by atoms with Gasteiger partial charge in [0.15, 0.2) is 5.13 Å². The molecule has 4 aliphatic carbocycles. The minimum Gasteiger partial charge on any atom is -0.297 e. The second-order valence-corrected chi connectivity index (χ2v) is 10.5. The monoisotopic (exact) mass is 378 g/mol. The Bertz CT molecular complexity index is 771. The number of aromatic nitrogens is 1. The molecule has 0 spiro atoms. The van der Waals surface area contributed by atoms with E-state index < -0.39 is 0 Å². The average Bonchev–Trinajstić information content (AvgIpc) is 3.16. The van der Waals surface area contributed by atoms with Gasteiger partial charge in [-0.15, -0.1) is 34.3 Å². The van der Waals surface area contributed by atoms with Gasteiger partial charge >= 0.3 is 0 Å². The van der Waals surface area contributed by atoms with E-state index in [2.05, 4.69) is 10.7 Å². The van der Waals surface area contributed by atoms with Crippen LogP contribution in [-0.2, 0) is 5.41 Å². The first-order valence-electron chi connectivity index (χ1n) is 8.53. The molecular weight excluding hydrogens is 360 g/mol. The molecular formula is C18H19ClN2OS2. The summed E-state index contributed by atoms with van der Waals surface area (Å²) in [4.78, 5) is 17.8. The summed E-state index contributed by atoms with van der Waals surface area (Å²) in [5.41, 5.74) is 1.31. The number of carbonyl (C=O) groups excluding carboxylic acids is 1. The molecule has 2 atom stereocenters. The lowest BCUT2D eigenvalue weighted by Gasteiger charge is -2.59. The molecule has 4 bridgehead atoms. The van der Waals surface area contributed by atoms with Crippen molar-refractivity contribution in [2.24, 2.45) is 11.8 Å². The summed E-state index contributed by atoms with van der Waals surface area (Å²) in [6.07, 6.45) is 7.21. The molecule has 2 aromatic rings. The number of hydrogen-bond acceptors (Lipinski definition) is 4. The van der Waals surface area contributed by atoms with Gasteiger partial charge in [0.05, 0.1) is 10.6 Å². The van der Waals surface area contributed by atoms with Crippen LogP contribution in [0.25, 0.3) is 0 Å². The van der Waals surface area contributed by atoms with Crippen molar-refractivity contribution >= 4 is 45.3 Å². The van der Waals surface area contributed by atoms with Crippen molar-refractivity contribution in [1.29, 1.82) is 0 Å². The maximum Gasteiger partial charge on any atom is 0.267 e. The molecule has 0 unspecified atom stereocenters. The van der Waals surface area contributed by atoms with E-state index in [1.54, 1.807) is 11.3 Å². The van der Waals surface area contributed by atoms with E-state index in [1.165, 1.54) is 43.4 Å². The summed E-state index contributed by atoms with van der Waals surface area (Å²) in [6, 6.07) is 3.73. The fourth-order valence-corrected chi connectivity index (χ4v) is 7.73. The number of amides is 1. The Labute approximate surface area is 154 Å². The molecule has 1 amide bonds. The van der Waals surface area contributed by atoms with Gasteiger partial charge in [-0.3, -0.25) is 10.1 Å². The molecule has 4 saturated carbocycles. The van der Waals surface area contributed by atoms with Crippen LogP contribution in [0.5, 0.6) is 0 Å². The maximum atomic E-state index is 12.2. The Morgan fingerprint density at radius 2 is 2.04 bits per heavy atom. The Hall–Kier alpha value is -0.910. The van der Waals surface area contributed by atoms with E-state index in [9.17, 15) is 4.79 Å². The lowest BCUT2D eigenvalue weighted by Crippen LogP contribution is -2.55. The number of thiazole rings is 1. The van der Waals surface area contributed by atoms with Gasteiger partial charge in [0.1, 0.15) is 0 Å². The molecule has 0 aliphatic heterocycles. The minimum atomic E-state index is -0.0646. The van der Waals surface area contributed by atoms with Gasteiger partial charge in [0.2, 0.25) is 0 Å². The number of nitrogens with zero attached hydrogens (tertiary/aromatic N) is 1. The van der Waals surface area contributed by atoms with Crippen molar-refractivity contribution in [1.82, 2.24) is 4.98 Å². The quantitative estimate of drug-likeness (QED) is 0.737. The summed E-state index contributed by atoms with van der Waals surface area (Å²) in [5.74, 6) is 1.45. The highest BCUT2D eigenvalue weighted by atomic mass is 35.5. The van der Waals surface area contributed by atoms with Crippen LogP contribution in [0.4, 0.5) is 5.13 Å². The van der Waals surface area contributed by atoms with Gasteiger partial charge in [-0.05, 0) is 61.8 Å². The molecule has 6 rings (SSSR count). The average molecular weight is 379 g/mol. The summed E-state index contributed by atoms with van der Waals surface area (Å²) >= 11 is 9.93. The van der Waals surface area contributed by atoms with Crippen molar-refractivity contribution in [3.8, 4) is 0 Å². The van der Waals surface area contributed by atoms with Crippen molar-refractivity contribution in [3.05, 3.63) is 33.5 Å². The van der Waals surface area contributed by atoms with Crippen LogP contribution in [0, 0.1) is 11.8 Å². The van der Waals surface area contributed by atoms with E-state index in [0.29, 0.717) is 5.13 Å². The number of nitrogens with one attached hydrogen (secondary N) is 1. The molecule has 126 valence electrons. The van der Waals surface area contributed by atoms with Gasteiger partial charge in [0.25, 0.3) is 5.91 Å². The van der Waals surface area contributed by atoms with Crippen molar-refractivity contribution in [2.75, 3.05) is 5.32 Å². The third kappa shape index (κ3) is 2.44. The standard InChI is InChI=1S/C18H19ClN2OS2/c19-18-7-11-4-12(8-18)6-17(5-11,10-18)14-9-24-16(20-14)21-15(22)13-2-1-3-23-13/h1-3,9,11-12H,4-8,10H2,(H,20,21,22)/t11-,12-,17?,18?/m0/s1. The summed E-state index contributed by atoms with van der Waals surface area (Å²) in [6.45, 7) is 0. The largest absolute Gasteiger partial charge is 0.297 e. The first-order chi connectivity index (χ1) is 11.5. The summed E-state index contributed by atoms with van der Waals surface area (Å²) < 4.78 is 0. The van der Waals surface area contributed by atoms with Crippen LogP contribution in [0.15, 0.2) is 22.9 Å². The Morgan fingerprint density at radius 3 is 2.71 bits per heavy atom. The van der Waals surface area contributed by atoms with Crippen LogP contribution < -0.4 is 5.32 Å². The SMILES string of the molecule is O=C(Nc1nc(C23C[C@@H]4C[C@H](CC(Cl)(C4)C2)C3)cs1)c1cccs1. The molecule has 4 aliphatic rings. The van der Waals surface area contributed by atoms with E-state index in [0.717, 1.165) is 28.8 Å². The number of alkyl halides is 1. The third-order valence-electron chi connectivity index (χ3n) is 6.00. The number of rotatable bonds is 3. The van der Waals surface area contributed by atoms with E-state index >= 15 is 0 Å². The van der Waals surface area contributed by atoms with E-state index in [-0.39, 0.29) is 16.2 Å². The van der Waals surface area contributed by atoms with Gasteiger partial charge in [-0.1, -0.05) is 6.07 Å². The third-order valence-corrected chi connectivity index (χ3v) is 8.07. The fourth-order valence-electron chi connectivity index (χ4n) is 5.59. The molecule has 3 nitrogen and oxygen atoms in total. The first kappa shape index (κ1) is 15.4. The number of halogens is 1. The highest BCUT2D eigenvalue weighted by Crippen LogP contribution is 2.64.